The third-order valence-corrected chi connectivity index (χ3v) is 4.66. The minimum atomic E-state index is -0.870. The Bertz CT molecular complexity index is 590. The van der Waals surface area contributed by atoms with Gasteiger partial charge in [0.1, 0.15) is 0 Å². The molecule has 0 spiro atoms. The molecule has 1 aromatic rings. The number of carbonyl (C=O) groups excluding carboxylic acids is 1. The predicted octanol–water partition coefficient (Wildman–Crippen LogP) is 3.46. The summed E-state index contributed by atoms with van der Waals surface area (Å²) in [5.74, 6) is -0.563. The molecular weight excluding hydrogens is 242 g/mol. The molecule has 0 saturated carbocycles. The first-order valence-electron chi connectivity index (χ1n) is 6.60. The number of fused-ring (bicyclic) bond motifs is 1. The third kappa shape index (κ3) is 1.70. The number of Topliss-reactive ketones (excluding diaryl/α,β-unsaturated/α-hetero) is 1. The summed E-state index contributed by atoms with van der Waals surface area (Å²) in [5, 5.41) is 11.4. The van der Waals surface area contributed by atoms with Crippen molar-refractivity contribution >= 4 is 5.78 Å². The fourth-order valence-electron chi connectivity index (χ4n) is 3.22. The van der Waals surface area contributed by atoms with Gasteiger partial charge in [0.25, 0.3) is 0 Å². The predicted molar refractivity (Wildman–Crippen MR) is 73.2 cm³/mol. The van der Waals surface area contributed by atoms with Gasteiger partial charge >= 0.3 is 0 Å². The Hall–Kier alpha value is -1.71. The molecule has 2 atom stereocenters. The Kier molecular flexibility index (Phi) is 3.20. The number of hydrogen-bond donors (Lipinski definition) is 0. The average molecular weight is 261 g/mol. The Morgan fingerprint density at radius 2 is 1.58 bits per heavy atom. The largest absolute Gasteiger partial charge is 0.294 e. The highest BCUT2D eigenvalue weighted by Gasteiger charge is 2.48. The van der Waals surface area contributed by atoms with Gasteiger partial charge in [-0.2, -0.15) is 0 Å². The van der Waals surface area contributed by atoms with E-state index in [-0.39, 0.29) is 10.7 Å². The number of ketones is 1. The fourth-order valence-corrected chi connectivity index (χ4v) is 3.22. The first-order valence-corrected chi connectivity index (χ1v) is 6.60. The van der Waals surface area contributed by atoms with Gasteiger partial charge in [-0.1, -0.05) is 6.92 Å². The number of nitrogens with zero attached hydrogens (tertiary/aromatic N) is 1. The zero-order valence-electron chi connectivity index (χ0n) is 12.0. The van der Waals surface area contributed by atoms with Crippen LogP contribution in [0.5, 0.6) is 0 Å². The molecule has 0 bridgehead atoms. The Morgan fingerprint density at radius 1 is 1.05 bits per heavy atom. The van der Waals surface area contributed by atoms with Gasteiger partial charge in [0.05, 0.1) is 5.92 Å². The molecule has 2 rings (SSSR count). The van der Waals surface area contributed by atoms with Crippen molar-refractivity contribution in [1.82, 2.24) is 0 Å². The van der Waals surface area contributed by atoms with E-state index in [0.29, 0.717) is 17.5 Å². The highest BCUT2D eigenvalue weighted by Crippen LogP contribution is 2.44. The molecule has 19 heavy (non-hydrogen) atoms. The van der Waals surface area contributed by atoms with Crippen LogP contribution in [0.2, 0.25) is 0 Å². The second-order valence-electron chi connectivity index (χ2n) is 5.40. The summed E-state index contributed by atoms with van der Waals surface area (Å²) in [4.78, 5) is 23.6. The van der Waals surface area contributed by atoms with Crippen molar-refractivity contribution in [2.75, 3.05) is 0 Å². The zero-order chi connectivity index (χ0) is 14.5. The lowest BCUT2D eigenvalue weighted by atomic mass is 9.89. The molecule has 0 radical (unpaired) electrons. The fraction of sp³-hybridized carbons (Fsp3) is 0.533. The van der Waals surface area contributed by atoms with Crippen molar-refractivity contribution in [2.45, 2.75) is 47.1 Å². The maximum Gasteiger partial charge on any atom is 0.249 e. The van der Waals surface area contributed by atoms with Gasteiger partial charge in [-0.05, 0) is 56.4 Å². The third-order valence-electron chi connectivity index (χ3n) is 4.66. The van der Waals surface area contributed by atoms with Crippen molar-refractivity contribution < 1.29 is 9.72 Å². The van der Waals surface area contributed by atoms with Crippen LogP contribution in [0.3, 0.4) is 0 Å². The topological polar surface area (TPSA) is 60.2 Å². The van der Waals surface area contributed by atoms with Crippen LogP contribution < -0.4 is 0 Å². The van der Waals surface area contributed by atoms with Crippen molar-refractivity contribution in [3.05, 3.63) is 43.5 Å². The molecule has 1 aromatic carbocycles. The summed E-state index contributed by atoms with van der Waals surface area (Å²) in [5.41, 5.74) is 5.21. The molecule has 4 heteroatoms. The monoisotopic (exact) mass is 261 g/mol. The second kappa shape index (κ2) is 4.44. The summed E-state index contributed by atoms with van der Waals surface area (Å²) < 4.78 is 0. The Labute approximate surface area is 113 Å². The number of carbonyl (C=O) groups is 1. The van der Waals surface area contributed by atoms with E-state index in [0.717, 1.165) is 22.3 Å². The van der Waals surface area contributed by atoms with Crippen LogP contribution in [0, 0.1) is 43.7 Å². The quantitative estimate of drug-likeness (QED) is 0.605. The molecule has 0 aromatic heterocycles. The van der Waals surface area contributed by atoms with E-state index in [9.17, 15) is 14.9 Å². The maximum atomic E-state index is 12.5. The average Bonchev–Trinajstić information content (AvgIpc) is 2.66. The van der Waals surface area contributed by atoms with Gasteiger partial charge in [0, 0.05) is 16.1 Å². The van der Waals surface area contributed by atoms with Gasteiger partial charge in [-0.25, -0.2) is 0 Å². The highest BCUT2D eigenvalue weighted by molar-refractivity contribution is 6.05. The lowest BCUT2D eigenvalue weighted by Gasteiger charge is -2.15. The van der Waals surface area contributed by atoms with Crippen LogP contribution in [0.15, 0.2) is 0 Å². The summed E-state index contributed by atoms with van der Waals surface area (Å²) in [7, 11) is 0. The Balaban J connectivity index is 2.84. The lowest BCUT2D eigenvalue weighted by Crippen LogP contribution is -2.19. The minimum absolute atomic E-state index is 0.0529. The number of rotatable bonds is 2. The number of hydrogen-bond acceptors (Lipinski definition) is 3. The number of nitro groups is 1. The lowest BCUT2D eigenvalue weighted by molar-refractivity contribution is -0.534. The Morgan fingerprint density at radius 3 is 2.05 bits per heavy atom. The molecule has 1 aliphatic rings. The van der Waals surface area contributed by atoms with Crippen LogP contribution >= 0.6 is 0 Å². The molecule has 0 fully saturated rings. The summed E-state index contributed by atoms with van der Waals surface area (Å²) >= 11 is 0. The maximum absolute atomic E-state index is 12.5. The molecule has 4 nitrogen and oxygen atoms in total. The van der Waals surface area contributed by atoms with Gasteiger partial charge < -0.3 is 0 Å². The van der Waals surface area contributed by atoms with E-state index in [1.807, 2.05) is 34.6 Å². The summed E-state index contributed by atoms with van der Waals surface area (Å²) in [6, 6.07) is -0.870. The molecule has 0 amide bonds. The molecular formula is C15H19NO3. The van der Waals surface area contributed by atoms with E-state index < -0.39 is 12.0 Å². The molecule has 0 N–H and O–H groups in total. The van der Waals surface area contributed by atoms with Crippen LogP contribution in [0.1, 0.15) is 57.6 Å². The van der Waals surface area contributed by atoms with Crippen molar-refractivity contribution in [3.63, 3.8) is 0 Å². The van der Waals surface area contributed by atoms with Gasteiger partial charge in [0.15, 0.2) is 5.78 Å². The number of benzene rings is 1. The van der Waals surface area contributed by atoms with Crippen molar-refractivity contribution in [2.24, 2.45) is 5.92 Å². The molecule has 0 saturated heterocycles. The van der Waals surface area contributed by atoms with E-state index in [1.165, 1.54) is 0 Å². The molecule has 102 valence electrons. The summed E-state index contributed by atoms with van der Waals surface area (Å²) in [6.07, 6.45) is 0.510. The van der Waals surface area contributed by atoms with Crippen LogP contribution in [0.25, 0.3) is 0 Å². The first-order chi connectivity index (χ1) is 8.82. The minimum Gasteiger partial charge on any atom is -0.294 e. The van der Waals surface area contributed by atoms with Crippen LogP contribution in [-0.2, 0) is 0 Å². The van der Waals surface area contributed by atoms with E-state index in [4.69, 9.17) is 0 Å². The van der Waals surface area contributed by atoms with Crippen LogP contribution in [-0.4, -0.2) is 10.7 Å². The molecule has 0 unspecified atom stereocenters. The molecule has 0 aliphatic heterocycles. The van der Waals surface area contributed by atoms with E-state index in [2.05, 4.69) is 0 Å². The zero-order valence-corrected chi connectivity index (χ0v) is 12.0. The van der Waals surface area contributed by atoms with Gasteiger partial charge in [-0.3, -0.25) is 14.9 Å². The van der Waals surface area contributed by atoms with Crippen molar-refractivity contribution in [3.8, 4) is 0 Å². The summed E-state index contributed by atoms with van der Waals surface area (Å²) in [6.45, 7) is 9.58. The normalized spacial score (nSPS) is 21.6. The smallest absolute Gasteiger partial charge is 0.249 e. The molecule has 0 heterocycles. The van der Waals surface area contributed by atoms with E-state index >= 15 is 0 Å². The van der Waals surface area contributed by atoms with Crippen LogP contribution in [0.4, 0.5) is 0 Å². The SMILES string of the molecule is CC[C@@H]1C(=O)c2c(C)c(C)c(C)c(C)c2[C@@H]1[N+](=O)[O-]. The molecule has 1 aliphatic carbocycles. The standard InChI is InChI=1S/C15H19NO3/c1-6-11-14(16(18)19)12-9(4)7(2)8(3)10(5)13(12)15(11)17/h11,14H,6H2,1-5H3/t11-,14+/m0/s1. The van der Waals surface area contributed by atoms with Crippen molar-refractivity contribution in [1.29, 1.82) is 0 Å². The van der Waals surface area contributed by atoms with Gasteiger partial charge in [-0.15, -0.1) is 0 Å². The van der Waals surface area contributed by atoms with E-state index in [1.54, 1.807) is 0 Å². The highest BCUT2D eigenvalue weighted by atomic mass is 16.6. The first kappa shape index (κ1) is 13.7. The van der Waals surface area contributed by atoms with Gasteiger partial charge in [0.2, 0.25) is 6.04 Å². The second-order valence-corrected chi connectivity index (χ2v) is 5.40.